The second-order valence-corrected chi connectivity index (χ2v) is 9.71. The summed E-state index contributed by atoms with van der Waals surface area (Å²) in [6, 6.07) is 0.122. The Morgan fingerprint density at radius 1 is 1.07 bits per heavy atom. The van der Waals surface area contributed by atoms with Gasteiger partial charge >= 0.3 is 24.6 Å². The predicted molar refractivity (Wildman–Crippen MR) is 130 cm³/mol. The summed E-state index contributed by atoms with van der Waals surface area (Å²) in [5.74, 6) is -0.829. The van der Waals surface area contributed by atoms with Crippen molar-refractivity contribution in [1.29, 1.82) is 0 Å². The van der Waals surface area contributed by atoms with Gasteiger partial charge in [0.1, 0.15) is 5.69 Å². The lowest BCUT2D eigenvalue weighted by Gasteiger charge is -2.43. The summed E-state index contributed by atoms with van der Waals surface area (Å²) in [5, 5.41) is 12.3. The topological polar surface area (TPSA) is 104 Å². The molecule has 8 nitrogen and oxygen atoms in total. The zero-order valence-electron chi connectivity index (χ0n) is 22.3. The smallest absolute Gasteiger partial charge is 0.433 e. The molecule has 0 spiro atoms. The Hall–Kier alpha value is -3.92. The molecule has 0 bridgehead atoms. The molecule has 0 unspecified atom stereocenters. The number of alkyl halides is 9. The number of carbonyl (C=O) groups excluding carboxylic acids is 1. The Morgan fingerprint density at radius 3 is 2.10 bits per heavy atom. The molecule has 1 amide bonds. The second-order valence-electron chi connectivity index (χ2n) is 9.71. The molecule has 2 aromatic rings. The van der Waals surface area contributed by atoms with Crippen molar-refractivity contribution in [2.45, 2.75) is 76.9 Å². The number of guanidine groups is 1. The van der Waals surface area contributed by atoms with Crippen molar-refractivity contribution in [3.8, 4) is 0 Å². The van der Waals surface area contributed by atoms with E-state index in [1.807, 2.05) is 0 Å². The van der Waals surface area contributed by atoms with Crippen molar-refractivity contribution in [1.82, 2.24) is 9.88 Å². The molecule has 1 aromatic carbocycles. The molecule has 2 heterocycles. The maximum absolute atomic E-state index is 13.7. The lowest BCUT2D eigenvalue weighted by atomic mass is 9.91. The van der Waals surface area contributed by atoms with Crippen LogP contribution in [0.3, 0.4) is 0 Å². The van der Waals surface area contributed by atoms with Gasteiger partial charge in [0.15, 0.2) is 0 Å². The summed E-state index contributed by atoms with van der Waals surface area (Å²) in [5.41, 5.74) is -0.0581. The number of amides is 1. The molecule has 42 heavy (non-hydrogen) atoms. The molecule has 17 heteroatoms. The van der Waals surface area contributed by atoms with Crippen molar-refractivity contribution >= 4 is 17.7 Å². The molecule has 1 aliphatic heterocycles. The summed E-state index contributed by atoms with van der Waals surface area (Å²) in [6.07, 6.45) is -16.9. The third-order valence-electron chi connectivity index (χ3n) is 6.41. The normalized spacial score (nSPS) is 18.2. The van der Waals surface area contributed by atoms with Gasteiger partial charge in [0, 0.05) is 12.6 Å². The zero-order valence-corrected chi connectivity index (χ0v) is 22.3. The summed E-state index contributed by atoms with van der Waals surface area (Å²) in [7, 11) is 0. The van der Waals surface area contributed by atoms with E-state index >= 15 is 0 Å². The van der Waals surface area contributed by atoms with Gasteiger partial charge in [0.25, 0.3) is 0 Å². The maximum Gasteiger partial charge on any atom is 0.433 e. The monoisotopic (exact) mass is 615 g/mol. The lowest BCUT2D eigenvalue weighted by Crippen LogP contribution is -2.50. The van der Waals surface area contributed by atoms with E-state index in [4.69, 9.17) is 10.5 Å². The molecule has 232 valence electrons. The minimum atomic E-state index is -5.18. The SMILES string of the molecule is CC[C@H]1C[C@@H](N(Cc2cc(C(F)(F)F)cc(C(F)(F)F)c2)C(N)=NO)c2nc(C(F)(F)F)ccc2N1C(=O)OC(C)C. The van der Waals surface area contributed by atoms with Gasteiger partial charge in [-0.2, -0.15) is 39.5 Å². The summed E-state index contributed by atoms with van der Waals surface area (Å²) in [4.78, 5) is 18.6. The van der Waals surface area contributed by atoms with Crippen molar-refractivity contribution in [2.75, 3.05) is 4.90 Å². The second kappa shape index (κ2) is 11.8. The van der Waals surface area contributed by atoms with Gasteiger partial charge in [0.2, 0.25) is 5.96 Å². The van der Waals surface area contributed by atoms with E-state index in [0.29, 0.717) is 18.2 Å². The fraction of sp³-hybridized carbons (Fsp3) is 0.480. The number of anilines is 1. The molecule has 2 atom stereocenters. The molecular weight excluding hydrogens is 589 g/mol. The van der Waals surface area contributed by atoms with Gasteiger partial charge in [-0.05, 0) is 62.6 Å². The van der Waals surface area contributed by atoms with E-state index in [2.05, 4.69) is 10.1 Å². The Kier molecular flexibility index (Phi) is 9.12. The summed E-state index contributed by atoms with van der Waals surface area (Å²) in [6.45, 7) is 3.86. The van der Waals surface area contributed by atoms with Crippen molar-refractivity contribution in [2.24, 2.45) is 10.9 Å². The Balaban J connectivity index is 2.24. The van der Waals surface area contributed by atoms with Crippen LogP contribution in [0.5, 0.6) is 0 Å². The quantitative estimate of drug-likeness (QED) is 0.125. The fourth-order valence-electron chi connectivity index (χ4n) is 4.59. The van der Waals surface area contributed by atoms with E-state index < -0.39 is 83.4 Å². The molecular formula is C25H26F9N5O3. The predicted octanol–water partition coefficient (Wildman–Crippen LogP) is 6.92. The molecule has 0 radical (unpaired) electrons. The van der Waals surface area contributed by atoms with E-state index in [1.54, 1.807) is 20.8 Å². The van der Waals surface area contributed by atoms with Gasteiger partial charge in [-0.25, -0.2) is 9.78 Å². The highest BCUT2D eigenvalue weighted by atomic mass is 19.4. The van der Waals surface area contributed by atoms with Gasteiger partial charge in [-0.1, -0.05) is 12.1 Å². The number of ether oxygens (including phenoxy) is 1. The van der Waals surface area contributed by atoms with E-state index in [-0.39, 0.29) is 24.6 Å². The average molecular weight is 615 g/mol. The number of pyridine rings is 1. The Labute approximate surface area is 233 Å². The van der Waals surface area contributed by atoms with Crippen LogP contribution < -0.4 is 10.6 Å². The molecule has 3 N–H and O–H groups in total. The van der Waals surface area contributed by atoms with Crippen LogP contribution in [0.25, 0.3) is 0 Å². The number of nitrogens with two attached hydrogens (primary N) is 1. The highest BCUT2D eigenvalue weighted by molar-refractivity contribution is 5.90. The number of nitrogens with zero attached hydrogens (tertiary/aromatic N) is 4. The minimum Gasteiger partial charge on any atom is -0.446 e. The average Bonchev–Trinajstić information content (AvgIpc) is 2.87. The number of carbonyl (C=O) groups is 1. The van der Waals surface area contributed by atoms with Crippen LogP contribution in [-0.2, 0) is 29.8 Å². The number of rotatable bonds is 5. The zero-order chi connectivity index (χ0) is 31.8. The van der Waals surface area contributed by atoms with Gasteiger partial charge in [0.05, 0.1) is 34.7 Å². The third-order valence-corrected chi connectivity index (χ3v) is 6.41. The van der Waals surface area contributed by atoms with Crippen molar-refractivity contribution < 1.29 is 54.3 Å². The number of halogens is 9. The van der Waals surface area contributed by atoms with Gasteiger partial charge < -0.3 is 20.6 Å². The lowest BCUT2D eigenvalue weighted by molar-refractivity contribution is -0.143. The van der Waals surface area contributed by atoms with Crippen LogP contribution in [0, 0.1) is 0 Å². The first-order chi connectivity index (χ1) is 19.3. The number of fused-ring (bicyclic) bond motifs is 1. The number of hydrogen-bond donors (Lipinski definition) is 2. The van der Waals surface area contributed by atoms with E-state index in [0.717, 1.165) is 15.9 Å². The highest BCUT2D eigenvalue weighted by Crippen LogP contribution is 2.44. The molecule has 1 aromatic heterocycles. The maximum atomic E-state index is 13.7. The van der Waals surface area contributed by atoms with Crippen LogP contribution >= 0.6 is 0 Å². The van der Waals surface area contributed by atoms with Crippen molar-refractivity contribution in [3.05, 3.63) is 58.4 Å². The first-order valence-electron chi connectivity index (χ1n) is 12.4. The Morgan fingerprint density at radius 2 is 1.64 bits per heavy atom. The number of hydrogen-bond acceptors (Lipinski definition) is 5. The van der Waals surface area contributed by atoms with Gasteiger partial charge in [-0.3, -0.25) is 4.90 Å². The molecule has 0 fully saturated rings. The van der Waals surface area contributed by atoms with Crippen LogP contribution in [0.15, 0.2) is 35.5 Å². The molecule has 0 saturated carbocycles. The fourth-order valence-corrected chi connectivity index (χ4v) is 4.59. The first kappa shape index (κ1) is 32.6. The number of aromatic nitrogens is 1. The van der Waals surface area contributed by atoms with Crippen LogP contribution in [0.1, 0.15) is 67.7 Å². The number of benzene rings is 1. The molecule has 1 aliphatic rings. The van der Waals surface area contributed by atoms with Crippen LogP contribution in [0.4, 0.5) is 50.0 Å². The molecule has 3 rings (SSSR count). The number of oxime groups is 1. The Bertz CT molecular complexity index is 1290. The first-order valence-corrected chi connectivity index (χ1v) is 12.4. The highest BCUT2D eigenvalue weighted by Gasteiger charge is 2.43. The van der Waals surface area contributed by atoms with Gasteiger partial charge in [-0.15, -0.1) is 0 Å². The third kappa shape index (κ3) is 7.10. The summed E-state index contributed by atoms with van der Waals surface area (Å²) >= 11 is 0. The van der Waals surface area contributed by atoms with E-state index in [1.165, 1.54) is 0 Å². The molecule has 0 aliphatic carbocycles. The van der Waals surface area contributed by atoms with Crippen molar-refractivity contribution in [3.63, 3.8) is 0 Å². The van der Waals surface area contributed by atoms with Crippen LogP contribution in [0.2, 0.25) is 0 Å². The molecule has 0 saturated heterocycles. The van der Waals surface area contributed by atoms with Crippen LogP contribution in [-0.4, -0.2) is 39.3 Å². The minimum absolute atomic E-state index is 0.0876. The summed E-state index contributed by atoms with van der Waals surface area (Å²) < 4.78 is 127. The van der Waals surface area contributed by atoms with E-state index in [9.17, 15) is 49.5 Å². The largest absolute Gasteiger partial charge is 0.446 e. The standard InChI is InChI=1S/C25H26F9N5O3/c1-4-16-10-18(20-17(39(16)22(40)42-12(2)3)5-6-19(36-20)25(32,33)34)38(21(35)37-41)11-13-7-14(23(26,27)28)9-15(8-13)24(29,30)31/h5-9,12,16,18,41H,4,10-11H2,1-3H3,(H2,35,37)/t16-,18+/m0/s1.